The quantitative estimate of drug-likeness (QED) is 0.813. The number of rotatable bonds is 6. The second-order valence-corrected chi connectivity index (χ2v) is 3.96. The molecule has 0 bridgehead atoms. The normalized spacial score (nSPS) is 10.2. The third-order valence-corrected chi connectivity index (χ3v) is 2.52. The highest BCUT2D eigenvalue weighted by molar-refractivity contribution is 5.28. The zero-order valence-corrected chi connectivity index (χ0v) is 10.4. The summed E-state index contributed by atoms with van der Waals surface area (Å²) >= 11 is 0. The van der Waals surface area contributed by atoms with Gasteiger partial charge in [-0.15, -0.1) is 0 Å². The molecule has 0 aromatic heterocycles. The Kier molecular flexibility index (Phi) is 4.75. The highest BCUT2D eigenvalue weighted by atomic mass is 19.1. The summed E-state index contributed by atoms with van der Waals surface area (Å²) in [5.41, 5.74) is 0.803. The number of ether oxygens (including phenoxy) is 2. The molecule has 0 saturated heterocycles. The van der Waals surface area contributed by atoms with E-state index < -0.39 is 0 Å². The first kappa shape index (κ1) is 13.4. The largest absolute Gasteiger partial charge is 0.490 e. The fraction of sp³-hybridized carbons (Fsp3) is 0.200. The summed E-state index contributed by atoms with van der Waals surface area (Å²) < 4.78 is 23.5. The number of halogens is 1. The summed E-state index contributed by atoms with van der Waals surface area (Å²) in [5.74, 6) is 1.01. The molecule has 4 heteroatoms. The molecule has 2 aromatic rings. The van der Waals surface area contributed by atoms with E-state index in [-0.39, 0.29) is 12.4 Å². The van der Waals surface area contributed by atoms with E-state index in [1.54, 1.807) is 18.2 Å². The van der Waals surface area contributed by atoms with Gasteiger partial charge in [0.2, 0.25) is 0 Å². The molecular weight excluding hydrogens is 247 g/mol. The van der Waals surface area contributed by atoms with Crippen molar-refractivity contribution in [2.24, 2.45) is 0 Å². The number of hydrogen-bond donors (Lipinski definition) is 1. The average Bonchev–Trinajstić information content (AvgIpc) is 2.46. The van der Waals surface area contributed by atoms with Crippen molar-refractivity contribution in [3.05, 3.63) is 59.9 Å². The van der Waals surface area contributed by atoms with E-state index in [1.807, 2.05) is 18.2 Å². The Morgan fingerprint density at radius 3 is 2.26 bits per heavy atom. The topological polar surface area (TPSA) is 38.7 Å². The molecule has 0 fully saturated rings. The molecule has 0 saturated carbocycles. The van der Waals surface area contributed by atoms with Crippen LogP contribution in [0.25, 0.3) is 0 Å². The Morgan fingerprint density at radius 1 is 0.895 bits per heavy atom. The summed E-state index contributed by atoms with van der Waals surface area (Å²) in [6.45, 7) is 0.741. The molecule has 0 spiro atoms. The Bertz CT molecular complexity index is 511. The van der Waals surface area contributed by atoms with E-state index >= 15 is 0 Å². The molecular formula is C15H15FO3. The van der Waals surface area contributed by atoms with Crippen LogP contribution in [-0.2, 0) is 6.61 Å². The second kappa shape index (κ2) is 6.75. The van der Waals surface area contributed by atoms with Crippen molar-refractivity contribution in [1.82, 2.24) is 0 Å². The highest BCUT2D eigenvalue weighted by Crippen LogP contribution is 2.14. The van der Waals surface area contributed by atoms with E-state index in [1.165, 1.54) is 12.1 Å². The van der Waals surface area contributed by atoms with Crippen molar-refractivity contribution in [2.45, 2.75) is 6.61 Å². The number of aliphatic hydroxyl groups excluding tert-OH is 1. The van der Waals surface area contributed by atoms with Crippen molar-refractivity contribution in [3.63, 3.8) is 0 Å². The minimum Gasteiger partial charge on any atom is -0.490 e. The van der Waals surface area contributed by atoms with Gasteiger partial charge in [0.05, 0.1) is 6.61 Å². The lowest BCUT2D eigenvalue weighted by Crippen LogP contribution is -2.09. The maximum absolute atomic E-state index is 12.7. The van der Waals surface area contributed by atoms with Crippen LogP contribution in [0.2, 0.25) is 0 Å². The third-order valence-electron chi connectivity index (χ3n) is 2.52. The monoisotopic (exact) mass is 262 g/mol. The second-order valence-electron chi connectivity index (χ2n) is 3.96. The smallest absolute Gasteiger partial charge is 0.123 e. The van der Waals surface area contributed by atoms with Gasteiger partial charge < -0.3 is 14.6 Å². The zero-order valence-electron chi connectivity index (χ0n) is 10.4. The summed E-state index contributed by atoms with van der Waals surface area (Å²) in [6.07, 6.45) is 0. The predicted molar refractivity (Wildman–Crippen MR) is 69.8 cm³/mol. The van der Waals surface area contributed by atoms with E-state index in [0.29, 0.717) is 24.7 Å². The van der Waals surface area contributed by atoms with Gasteiger partial charge in [-0.05, 0) is 42.0 Å². The molecule has 0 aliphatic rings. The molecule has 1 N–H and O–H groups in total. The van der Waals surface area contributed by atoms with Gasteiger partial charge in [0.15, 0.2) is 0 Å². The van der Waals surface area contributed by atoms with Gasteiger partial charge in [-0.2, -0.15) is 0 Å². The van der Waals surface area contributed by atoms with E-state index in [2.05, 4.69) is 0 Å². The summed E-state index contributed by atoms with van der Waals surface area (Å²) in [5, 5.41) is 8.99. The standard InChI is InChI=1S/C15H15FO3/c16-13-4-6-14(7-5-13)18-8-9-19-15-3-1-2-12(10-15)11-17/h1-7,10,17H,8-9,11H2. The number of benzene rings is 2. The molecule has 3 nitrogen and oxygen atoms in total. The van der Waals surface area contributed by atoms with E-state index in [9.17, 15) is 4.39 Å². The average molecular weight is 262 g/mol. The third kappa shape index (κ3) is 4.26. The molecule has 0 aliphatic heterocycles. The minimum atomic E-state index is -0.288. The lowest BCUT2D eigenvalue weighted by Gasteiger charge is -2.09. The van der Waals surface area contributed by atoms with Crippen LogP contribution in [-0.4, -0.2) is 18.3 Å². The fourth-order valence-electron chi connectivity index (χ4n) is 1.58. The fourth-order valence-corrected chi connectivity index (χ4v) is 1.58. The molecule has 0 atom stereocenters. The SMILES string of the molecule is OCc1cccc(OCCOc2ccc(F)cc2)c1. The van der Waals surface area contributed by atoms with Crippen molar-refractivity contribution < 1.29 is 19.0 Å². The molecule has 2 rings (SSSR count). The van der Waals surface area contributed by atoms with Crippen LogP contribution in [0.1, 0.15) is 5.56 Å². The summed E-state index contributed by atoms with van der Waals surface area (Å²) in [6, 6.07) is 13.1. The first-order valence-corrected chi connectivity index (χ1v) is 5.99. The molecule has 0 amide bonds. The van der Waals surface area contributed by atoms with Crippen LogP contribution in [0, 0.1) is 5.82 Å². The molecule has 0 unspecified atom stereocenters. The van der Waals surface area contributed by atoms with Crippen LogP contribution in [0.5, 0.6) is 11.5 Å². The Labute approximate surface area is 111 Å². The molecule has 0 heterocycles. The molecule has 19 heavy (non-hydrogen) atoms. The van der Waals surface area contributed by atoms with Gasteiger partial charge in [0.25, 0.3) is 0 Å². The number of aliphatic hydroxyl groups is 1. The van der Waals surface area contributed by atoms with Gasteiger partial charge in [0, 0.05) is 0 Å². The maximum atomic E-state index is 12.7. The van der Waals surface area contributed by atoms with Crippen LogP contribution >= 0.6 is 0 Å². The maximum Gasteiger partial charge on any atom is 0.123 e. The minimum absolute atomic E-state index is 0.0106. The zero-order chi connectivity index (χ0) is 13.5. The lowest BCUT2D eigenvalue weighted by molar-refractivity contribution is 0.216. The van der Waals surface area contributed by atoms with Gasteiger partial charge in [-0.1, -0.05) is 12.1 Å². The van der Waals surface area contributed by atoms with Crippen LogP contribution in [0.15, 0.2) is 48.5 Å². The molecule has 2 aromatic carbocycles. The molecule has 0 aliphatic carbocycles. The van der Waals surface area contributed by atoms with Crippen LogP contribution in [0.4, 0.5) is 4.39 Å². The van der Waals surface area contributed by atoms with Crippen molar-refractivity contribution in [1.29, 1.82) is 0 Å². The first-order chi connectivity index (χ1) is 9.28. The first-order valence-electron chi connectivity index (χ1n) is 5.99. The predicted octanol–water partition coefficient (Wildman–Crippen LogP) is 2.78. The molecule has 0 radical (unpaired) electrons. The number of hydrogen-bond acceptors (Lipinski definition) is 3. The Morgan fingerprint density at radius 2 is 1.58 bits per heavy atom. The highest BCUT2D eigenvalue weighted by Gasteiger charge is 1.97. The van der Waals surface area contributed by atoms with Crippen molar-refractivity contribution >= 4 is 0 Å². The van der Waals surface area contributed by atoms with E-state index in [4.69, 9.17) is 14.6 Å². The van der Waals surface area contributed by atoms with Gasteiger partial charge in [-0.25, -0.2) is 4.39 Å². The van der Waals surface area contributed by atoms with Crippen molar-refractivity contribution in [3.8, 4) is 11.5 Å². The van der Waals surface area contributed by atoms with Crippen molar-refractivity contribution in [2.75, 3.05) is 13.2 Å². The Balaban J connectivity index is 1.75. The summed E-state index contributed by atoms with van der Waals surface area (Å²) in [4.78, 5) is 0. The van der Waals surface area contributed by atoms with Gasteiger partial charge >= 0.3 is 0 Å². The summed E-state index contributed by atoms with van der Waals surface area (Å²) in [7, 11) is 0. The van der Waals surface area contributed by atoms with Crippen LogP contribution in [0.3, 0.4) is 0 Å². The van der Waals surface area contributed by atoms with Gasteiger partial charge in [0.1, 0.15) is 30.5 Å². The molecule has 100 valence electrons. The lowest BCUT2D eigenvalue weighted by atomic mass is 10.2. The van der Waals surface area contributed by atoms with E-state index in [0.717, 1.165) is 5.56 Å². The van der Waals surface area contributed by atoms with Gasteiger partial charge in [-0.3, -0.25) is 0 Å². The Hall–Kier alpha value is -2.07. The van der Waals surface area contributed by atoms with Crippen LogP contribution < -0.4 is 9.47 Å².